The molecule has 1 unspecified atom stereocenters. The molecular formula is C22H24FN2O5PS. The summed E-state index contributed by atoms with van der Waals surface area (Å²) in [5, 5.41) is 14.5. The Morgan fingerprint density at radius 1 is 1.19 bits per heavy atom. The van der Waals surface area contributed by atoms with Crippen molar-refractivity contribution in [1.29, 1.82) is 0 Å². The molecule has 0 aliphatic rings. The highest BCUT2D eigenvalue weighted by Gasteiger charge is 2.19. The van der Waals surface area contributed by atoms with Crippen LogP contribution in [-0.4, -0.2) is 41.8 Å². The van der Waals surface area contributed by atoms with Crippen LogP contribution in [0.15, 0.2) is 58.4 Å². The molecule has 1 aromatic heterocycles. The number of aromatic nitrogens is 2. The molecule has 0 bridgehead atoms. The first-order valence-electron chi connectivity index (χ1n) is 9.70. The molecule has 0 saturated carbocycles. The predicted octanol–water partition coefficient (Wildman–Crippen LogP) is 2.48. The summed E-state index contributed by atoms with van der Waals surface area (Å²) in [6.07, 6.45) is 2.77. The van der Waals surface area contributed by atoms with Crippen LogP contribution < -0.4 is 15.6 Å². The summed E-state index contributed by atoms with van der Waals surface area (Å²) in [6.45, 7) is 3.30. The Kier molecular flexibility index (Phi) is 6.83. The number of rotatable bonds is 7. The van der Waals surface area contributed by atoms with E-state index in [4.69, 9.17) is 4.74 Å². The van der Waals surface area contributed by atoms with E-state index >= 15 is 0 Å². The number of sulfone groups is 1. The van der Waals surface area contributed by atoms with Gasteiger partial charge in [0.25, 0.3) is 0 Å². The molecule has 2 aromatic carbocycles. The van der Waals surface area contributed by atoms with Crippen LogP contribution in [0.2, 0.25) is 0 Å². The Morgan fingerprint density at radius 2 is 1.84 bits per heavy atom. The molecule has 1 atom stereocenters. The number of aliphatic hydroxyl groups is 1. The number of benzene rings is 2. The lowest BCUT2D eigenvalue weighted by atomic mass is 10.1. The summed E-state index contributed by atoms with van der Waals surface area (Å²) in [4.78, 5) is 13.4. The van der Waals surface area contributed by atoms with E-state index in [0.717, 1.165) is 10.9 Å². The summed E-state index contributed by atoms with van der Waals surface area (Å²) in [7, 11) is -1.11. The Morgan fingerprint density at radius 3 is 2.41 bits per heavy atom. The van der Waals surface area contributed by atoms with Gasteiger partial charge in [-0.2, -0.15) is 9.78 Å². The third kappa shape index (κ3) is 5.59. The van der Waals surface area contributed by atoms with Crippen molar-refractivity contribution in [3.8, 4) is 22.6 Å². The fourth-order valence-electron chi connectivity index (χ4n) is 2.90. The van der Waals surface area contributed by atoms with Gasteiger partial charge in [0.15, 0.2) is 15.6 Å². The van der Waals surface area contributed by atoms with Gasteiger partial charge < -0.3 is 9.84 Å². The van der Waals surface area contributed by atoms with Gasteiger partial charge >= 0.3 is 5.56 Å². The molecule has 0 radical (unpaired) electrons. The summed E-state index contributed by atoms with van der Waals surface area (Å²) in [6, 6.07) is 10.2. The first kappa shape index (κ1) is 24.0. The average molecular weight is 478 g/mol. The molecule has 0 aliphatic carbocycles. The van der Waals surface area contributed by atoms with Crippen LogP contribution in [0.3, 0.4) is 0 Å². The molecule has 0 spiro atoms. The highest BCUT2D eigenvalue weighted by Crippen LogP contribution is 2.28. The van der Waals surface area contributed by atoms with Crippen LogP contribution in [0, 0.1) is 5.82 Å². The molecule has 10 heteroatoms. The van der Waals surface area contributed by atoms with Crippen LogP contribution in [0.4, 0.5) is 4.39 Å². The maximum absolute atomic E-state index is 14.0. The second-order valence-corrected chi connectivity index (χ2v) is 10.7. The summed E-state index contributed by atoms with van der Waals surface area (Å²) < 4.78 is 44.3. The van der Waals surface area contributed by atoms with Crippen molar-refractivity contribution in [3.05, 3.63) is 64.8 Å². The van der Waals surface area contributed by atoms with Gasteiger partial charge in [0, 0.05) is 29.6 Å². The third-order valence-electron chi connectivity index (χ3n) is 4.72. The number of hydrogen-bond donors (Lipinski definition) is 1. The van der Waals surface area contributed by atoms with Crippen LogP contribution in [0.25, 0.3) is 16.8 Å². The lowest BCUT2D eigenvalue weighted by Gasteiger charge is -2.18. The van der Waals surface area contributed by atoms with E-state index in [9.17, 15) is 22.7 Å². The Balaban J connectivity index is 2.10. The van der Waals surface area contributed by atoms with Crippen molar-refractivity contribution >= 4 is 24.4 Å². The van der Waals surface area contributed by atoms with Gasteiger partial charge in [0.1, 0.15) is 5.82 Å². The second kappa shape index (κ2) is 9.10. The van der Waals surface area contributed by atoms with Crippen molar-refractivity contribution in [3.63, 3.8) is 0 Å². The van der Waals surface area contributed by atoms with Crippen LogP contribution in [0.1, 0.15) is 20.3 Å². The van der Waals surface area contributed by atoms with E-state index in [1.807, 2.05) is 0 Å². The smallest absolute Gasteiger partial charge is 0.314 e. The minimum absolute atomic E-state index is 0.0355. The van der Waals surface area contributed by atoms with E-state index in [1.165, 1.54) is 30.5 Å². The van der Waals surface area contributed by atoms with Crippen molar-refractivity contribution in [2.75, 3.05) is 12.9 Å². The zero-order chi connectivity index (χ0) is 23.7. The Hall–Kier alpha value is -2.61. The van der Waals surface area contributed by atoms with Crippen molar-refractivity contribution in [2.45, 2.75) is 30.8 Å². The molecule has 32 heavy (non-hydrogen) atoms. The van der Waals surface area contributed by atoms with Gasteiger partial charge in [-0.3, -0.25) is 4.79 Å². The molecule has 0 aliphatic heterocycles. The van der Waals surface area contributed by atoms with Gasteiger partial charge in [-0.1, -0.05) is 12.1 Å². The topological polar surface area (TPSA) is 98.5 Å². The lowest BCUT2D eigenvalue weighted by molar-refractivity contribution is 0.0551. The van der Waals surface area contributed by atoms with Gasteiger partial charge in [0.05, 0.1) is 29.0 Å². The van der Waals surface area contributed by atoms with Crippen molar-refractivity contribution < 1.29 is 22.7 Å². The average Bonchev–Trinajstić information content (AvgIpc) is 2.70. The minimum atomic E-state index is -3.38. The number of halogens is 1. The normalized spacial score (nSPS) is 12.1. The monoisotopic (exact) mass is 478 g/mol. The van der Waals surface area contributed by atoms with E-state index in [0.29, 0.717) is 16.4 Å². The molecule has 0 amide bonds. The second-order valence-electron chi connectivity index (χ2n) is 8.02. The minimum Gasteiger partial charge on any atom is -0.487 e. The number of ether oxygens (including phenoxy) is 1. The Labute approximate surface area is 188 Å². The molecule has 0 saturated heterocycles. The Bertz CT molecular complexity index is 1300. The molecule has 170 valence electrons. The quantitative estimate of drug-likeness (QED) is 0.524. The number of nitrogens with zero attached hydrogens (tertiary/aromatic N) is 2. The molecule has 7 nitrogen and oxygen atoms in total. The first-order chi connectivity index (χ1) is 14.9. The fraction of sp³-hybridized carbons (Fsp3) is 0.273. The SMILES string of the molecule is CC(C)(O)CCOc1c(-c2ccc(S(C)(=O)=O)cc2)cnn(-c2ccc(P)c(F)c2)c1=O. The molecule has 1 heterocycles. The molecule has 3 aromatic rings. The fourth-order valence-corrected chi connectivity index (χ4v) is 3.71. The van der Waals surface area contributed by atoms with Crippen LogP contribution in [0.5, 0.6) is 5.75 Å². The highest BCUT2D eigenvalue weighted by molar-refractivity contribution is 7.90. The van der Waals surface area contributed by atoms with Gasteiger partial charge in [0.2, 0.25) is 0 Å². The van der Waals surface area contributed by atoms with Gasteiger partial charge in [-0.05, 0) is 43.7 Å². The summed E-state index contributed by atoms with van der Waals surface area (Å²) in [5.74, 6) is -0.544. The highest BCUT2D eigenvalue weighted by atomic mass is 32.2. The van der Waals surface area contributed by atoms with Crippen molar-refractivity contribution in [1.82, 2.24) is 9.78 Å². The largest absolute Gasteiger partial charge is 0.487 e. The third-order valence-corrected chi connectivity index (χ3v) is 6.31. The number of hydrogen-bond acceptors (Lipinski definition) is 6. The molecule has 1 N–H and O–H groups in total. The first-order valence-corrected chi connectivity index (χ1v) is 12.2. The maximum Gasteiger partial charge on any atom is 0.314 e. The zero-order valence-corrected chi connectivity index (χ0v) is 19.8. The molecular weight excluding hydrogens is 454 g/mol. The standard InChI is InChI=1S/C22H24FN2O5PS/c1-22(2,27)10-11-30-20-17(14-4-7-16(8-5-14)32(3,28)29)13-24-25(21(20)26)15-6-9-19(31)18(23)12-15/h4-9,12-13,27H,10-11,31H2,1-3H3. The van der Waals surface area contributed by atoms with Crippen LogP contribution >= 0.6 is 9.24 Å². The van der Waals surface area contributed by atoms with E-state index in [-0.39, 0.29) is 29.4 Å². The summed E-state index contributed by atoms with van der Waals surface area (Å²) >= 11 is 0. The van der Waals surface area contributed by atoms with Crippen molar-refractivity contribution in [2.24, 2.45) is 0 Å². The van der Waals surface area contributed by atoms with E-state index < -0.39 is 26.8 Å². The predicted molar refractivity (Wildman–Crippen MR) is 124 cm³/mol. The van der Waals surface area contributed by atoms with E-state index in [1.54, 1.807) is 32.0 Å². The van der Waals surface area contributed by atoms with Gasteiger partial charge in [-0.25, -0.2) is 12.8 Å². The summed E-state index contributed by atoms with van der Waals surface area (Å²) in [5.41, 5.74) is -0.503. The molecule has 3 rings (SSSR count). The van der Waals surface area contributed by atoms with Crippen LogP contribution in [-0.2, 0) is 9.84 Å². The zero-order valence-electron chi connectivity index (χ0n) is 17.9. The molecule has 0 fully saturated rings. The maximum atomic E-state index is 14.0. The van der Waals surface area contributed by atoms with Gasteiger partial charge in [-0.15, -0.1) is 9.24 Å². The lowest BCUT2D eigenvalue weighted by Crippen LogP contribution is -2.27. The van der Waals surface area contributed by atoms with E-state index in [2.05, 4.69) is 14.3 Å².